The van der Waals surface area contributed by atoms with E-state index in [9.17, 15) is 9.18 Å². The van der Waals surface area contributed by atoms with Crippen molar-refractivity contribution in [2.45, 2.75) is 9.92 Å². The Morgan fingerprint density at radius 1 is 1.42 bits per heavy atom. The number of carboxylic acids is 1. The van der Waals surface area contributed by atoms with Gasteiger partial charge < -0.3 is 5.11 Å². The number of carbonyl (C=O) groups is 1. The summed E-state index contributed by atoms with van der Waals surface area (Å²) >= 11 is 10.2. The highest BCUT2D eigenvalue weighted by atomic mass is 79.9. The lowest BCUT2D eigenvalue weighted by molar-refractivity contribution is 0.0696. The number of benzene rings is 1. The molecule has 1 heterocycles. The SMILES string of the molecule is O=C(O)c1ccc(F)c(Sc2ncc(Br)cc2Cl)c1. The maximum absolute atomic E-state index is 13.6. The van der Waals surface area contributed by atoms with Crippen LogP contribution in [0.2, 0.25) is 5.02 Å². The summed E-state index contributed by atoms with van der Waals surface area (Å²) in [5.74, 6) is -1.63. The second kappa shape index (κ2) is 5.90. The molecule has 0 spiro atoms. The van der Waals surface area contributed by atoms with Crippen LogP contribution in [-0.4, -0.2) is 16.1 Å². The van der Waals surface area contributed by atoms with E-state index in [0.29, 0.717) is 14.5 Å². The van der Waals surface area contributed by atoms with Gasteiger partial charge in [0, 0.05) is 10.7 Å². The number of hydrogen-bond donors (Lipinski definition) is 1. The lowest BCUT2D eigenvalue weighted by Gasteiger charge is -2.05. The van der Waals surface area contributed by atoms with E-state index in [1.54, 1.807) is 6.07 Å². The number of aromatic carboxylic acids is 1. The summed E-state index contributed by atoms with van der Waals surface area (Å²) in [6.07, 6.45) is 1.53. The number of hydrogen-bond acceptors (Lipinski definition) is 3. The Morgan fingerprint density at radius 3 is 2.79 bits per heavy atom. The Kier molecular flexibility index (Phi) is 4.44. The zero-order chi connectivity index (χ0) is 14.0. The predicted molar refractivity (Wildman–Crippen MR) is 74.4 cm³/mol. The number of rotatable bonds is 3. The fourth-order valence-electron chi connectivity index (χ4n) is 1.30. The van der Waals surface area contributed by atoms with Crippen molar-refractivity contribution in [2.24, 2.45) is 0 Å². The summed E-state index contributed by atoms with van der Waals surface area (Å²) in [7, 11) is 0. The molecule has 19 heavy (non-hydrogen) atoms. The first kappa shape index (κ1) is 14.3. The molecule has 98 valence electrons. The molecular formula is C12H6BrClFNO2S. The van der Waals surface area contributed by atoms with Crippen LogP contribution in [0.15, 0.2) is 44.9 Å². The number of aromatic nitrogens is 1. The second-order valence-corrected chi connectivity index (χ2v) is 5.85. The zero-order valence-electron chi connectivity index (χ0n) is 9.23. The lowest BCUT2D eigenvalue weighted by atomic mass is 10.2. The average molecular weight is 363 g/mol. The van der Waals surface area contributed by atoms with E-state index >= 15 is 0 Å². The normalized spacial score (nSPS) is 10.5. The first-order valence-corrected chi connectivity index (χ1v) is 6.98. The van der Waals surface area contributed by atoms with Crippen molar-refractivity contribution in [3.05, 3.63) is 51.3 Å². The minimum atomic E-state index is -1.11. The van der Waals surface area contributed by atoms with Gasteiger partial charge in [0.15, 0.2) is 0 Å². The quantitative estimate of drug-likeness (QED) is 0.874. The molecule has 0 radical (unpaired) electrons. The molecule has 0 aliphatic carbocycles. The third-order valence-corrected chi connectivity index (χ3v) is 4.04. The minimum absolute atomic E-state index is 0.0112. The van der Waals surface area contributed by atoms with Gasteiger partial charge >= 0.3 is 5.97 Å². The Morgan fingerprint density at radius 2 is 2.16 bits per heavy atom. The number of pyridine rings is 1. The van der Waals surface area contributed by atoms with Crippen molar-refractivity contribution in [3.63, 3.8) is 0 Å². The van der Waals surface area contributed by atoms with E-state index in [-0.39, 0.29) is 10.5 Å². The highest BCUT2D eigenvalue weighted by Gasteiger charge is 2.12. The average Bonchev–Trinajstić information content (AvgIpc) is 2.34. The summed E-state index contributed by atoms with van der Waals surface area (Å²) in [4.78, 5) is 15.1. The Bertz CT molecular complexity index is 654. The highest BCUT2D eigenvalue weighted by molar-refractivity contribution is 9.10. The molecule has 1 aromatic carbocycles. The Balaban J connectivity index is 2.37. The van der Waals surface area contributed by atoms with Crippen molar-refractivity contribution >= 4 is 45.3 Å². The molecule has 1 aromatic heterocycles. The van der Waals surface area contributed by atoms with Crippen LogP contribution in [0.4, 0.5) is 4.39 Å². The third-order valence-electron chi connectivity index (χ3n) is 2.16. The summed E-state index contributed by atoms with van der Waals surface area (Å²) in [6.45, 7) is 0. The van der Waals surface area contributed by atoms with Crippen LogP contribution in [0.1, 0.15) is 10.4 Å². The molecule has 0 saturated heterocycles. The van der Waals surface area contributed by atoms with Crippen molar-refractivity contribution in [1.82, 2.24) is 4.98 Å². The summed E-state index contributed by atoms with van der Waals surface area (Å²) < 4.78 is 14.3. The maximum Gasteiger partial charge on any atom is 0.335 e. The van der Waals surface area contributed by atoms with E-state index in [2.05, 4.69) is 20.9 Å². The smallest absolute Gasteiger partial charge is 0.335 e. The van der Waals surface area contributed by atoms with Crippen LogP contribution in [0.3, 0.4) is 0 Å². The molecule has 0 fully saturated rings. The van der Waals surface area contributed by atoms with Crippen molar-refractivity contribution in [2.75, 3.05) is 0 Å². The standard InChI is InChI=1S/C12H6BrClFNO2S/c13-7-4-8(14)11(16-5-7)19-10-3-6(12(17)18)1-2-9(10)15/h1-5H,(H,17,18). The van der Waals surface area contributed by atoms with Gasteiger partial charge in [0.2, 0.25) is 0 Å². The first-order valence-electron chi connectivity index (χ1n) is 4.99. The third kappa shape index (κ3) is 3.46. The van der Waals surface area contributed by atoms with Gasteiger partial charge in [-0.25, -0.2) is 14.2 Å². The van der Waals surface area contributed by atoms with Gasteiger partial charge in [0.25, 0.3) is 0 Å². The largest absolute Gasteiger partial charge is 0.478 e. The van der Waals surface area contributed by atoms with Crippen LogP contribution in [-0.2, 0) is 0 Å². The van der Waals surface area contributed by atoms with Crippen LogP contribution < -0.4 is 0 Å². The second-order valence-electron chi connectivity index (χ2n) is 3.49. The van der Waals surface area contributed by atoms with Crippen LogP contribution in [0.5, 0.6) is 0 Å². The van der Waals surface area contributed by atoms with Crippen LogP contribution in [0, 0.1) is 5.82 Å². The van der Waals surface area contributed by atoms with E-state index in [1.165, 1.54) is 18.3 Å². The van der Waals surface area contributed by atoms with Gasteiger partial charge in [-0.1, -0.05) is 23.4 Å². The first-order chi connectivity index (χ1) is 8.97. The van der Waals surface area contributed by atoms with E-state index in [1.807, 2.05) is 0 Å². The van der Waals surface area contributed by atoms with Gasteiger partial charge in [-0.3, -0.25) is 0 Å². The van der Waals surface area contributed by atoms with E-state index in [4.69, 9.17) is 16.7 Å². The molecule has 0 bridgehead atoms. The molecule has 0 saturated carbocycles. The van der Waals surface area contributed by atoms with Crippen LogP contribution in [0.25, 0.3) is 0 Å². The molecule has 0 amide bonds. The van der Waals surface area contributed by atoms with Crippen molar-refractivity contribution in [3.8, 4) is 0 Å². The molecule has 2 aromatic rings. The fourth-order valence-corrected chi connectivity index (χ4v) is 2.86. The summed E-state index contributed by atoms with van der Waals surface area (Å²) in [5.41, 5.74) is 0.0112. The van der Waals surface area contributed by atoms with E-state index in [0.717, 1.165) is 17.8 Å². The molecule has 3 nitrogen and oxygen atoms in total. The summed E-state index contributed by atoms with van der Waals surface area (Å²) in [5, 5.41) is 9.65. The maximum atomic E-state index is 13.6. The highest BCUT2D eigenvalue weighted by Crippen LogP contribution is 2.34. The monoisotopic (exact) mass is 361 g/mol. The lowest BCUT2D eigenvalue weighted by Crippen LogP contribution is -1.97. The summed E-state index contributed by atoms with van der Waals surface area (Å²) in [6, 6.07) is 5.20. The molecular weight excluding hydrogens is 357 g/mol. The Hall–Kier alpha value is -1.11. The van der Waals surface area contributed by atoms with Crippen molar-refractivity contribution < 1.29 is 14.3 Å². The van der Waals surface area contributed by atoms with Gasteiger partial charge in [-0.15, -0.1) is 0 Å². The number of carboxylic acid groups (broad SMARTS) is 1. The van der Waals surface area contributed by atoms with Crippen molar-refractivity contribution in [1.29, 1.82) is 0 Å². The number of halogens is 3. The molecule has 0 atom stereocenters. The number of nitrogens with zero attached hydrogens (tertiary/aromatic N) is 1. The molecule has 1 N–H and O–H groups in total. The molecule has 2 rings (SSSR count). The molecule has 0 unspecified atom stereocenters. The minimum Gasteiger partial charge on any atom is -0.478 e. The molecule has 7 heteroatoms. The Labute approximate surface area is 125 Å². The zero-order valence-corrected chi connectivity index (χ0v) is 12.4. The molecule has 0 aliphatic rings. The van der Waals surface area contributed by atoms with Crippen LogP contribution >= 0.6 is 39.3 Å². The van der Waals surface area contributed by atoms with Gasteiger partial charge in [0.1, 0.15) is 10.8 Å². The van der Waals surface area contributed by atoms with Gasteiger partial charge in [0.05, 0.1) is 15.5 Å². The fraction of sp³-hybridized carbons (Fsp3) is 0. The topological polar surface area (TPSA) is 50.2 Å². The van der Waals surface area contributed by atoms with E-state index < -0.39 is 11.8 Å². The van der Waals surface area contributed by atoms with Gasteiger partial charge in [-0.2, -0.15) is 0 Å². The van der Waals surface area contributed by atoms with Gasteiger partial charge in [-0.05, 0) is 40.2 Å². The predicted octanol–water partition coefficient (Wildman–Crippen LogP) is 4.49. The molecule has 0 aliphatic heterocycles.